The van der Waals surface area contributed by atoms with E-state index in [1.807, 2.05) is 4.90 Å². The molecule has 6 heteroatoms. The lowest BCUT2D eigenvalue weighted by Crippen LogP contribution is -2.31. The summed E-state index contributed by atoms with van der Waals surface area (Å²) < 4.78 is 5.90. The molecule has 5 nitrogen and oxygen atoms in total. The van der Waals surface area contributed by atoms with Crippen LogP contribution in [0.2, 0.25) is 0 Å². The SMILES string of the molecule is COc1ccc(C(=O)Nc2ccc(C(=O)N3CCCCCC3)cc2)cc1Br. The minimum absolute atomic E-state index is 0.0638. The minimum atomic E-state index is -0.218. The molecule has 0 atom stereocenters. The van der Waals surface area contributed by atoms with Crippen LogP contribution in [0.4, 0.5) is 5.69 Å². The lowest BCUT2D eigenvalue weighted by atomic mass is 10.1. The smallest absolute Gasteiger partial charge is 0.255 e. The molecule has 2 amide bonds. The molecule has 3 rings (SSSR count). The number of likely N-dealkylation sites (tertiary alicyclic amines) is 1. The van der Waals surface area contributed by atoms with Gasteiger partial charge >= 0.3 is 0 Å². The average molecular weight is 431 g/mol. The Morgan fingerprint density at radius 3 is 2.19 bits per heavy atom. The van der Waals surface area contributed by atoms with Gasteiger partial charge in [0.25, 0.3) is 11.8 Å². The van der Waals surface area contributed by atoms with Crippen molar-refractivity contribution in [2.24, 2.45) is 0 Å². The van der Waals surface area contributed by atoms with Gasteiger partial charge in [-0.2, -0.15) is 0 Å². The van der Waals surface area contributed by atoms with Gasteiger partial charge in [-0.05, 0) is 71.2 Å². The van der Waals surface area contributed by atoms with Crippen LogP contribution in [0.1, 0.15) is 46.4 Å². The zero-order chi connectivity index (χ0) is 19.2. The van der Waals surface area contributed by atoms with Crippen molar-refractivity contribution in [3.63, 3.8) is 0 Å². The number of halogens is 1. The monoisotopic (exact) mass is 430 g/mol. The maximum atomic E-state index is 12.6. The topological polar surface area (TPSA) is 58.6 Å². The number of hydrogen-bond donors (Lipinski definition) is 1. The number of carbonyl (C=O) groups excluding carboxylic acids is 2. The summed E-state index contributed by atoms with van der Waals surface area (Å²) in [6.45, 7) is 1.65. The van der Waals surface area contributed by atoms with Gasteiger partial charge in [0.2, 0.25) is 0 Å². The number of benzene rings is 2. The minimum Gasteiger partial charge on any atom is -0.496 e. The van der Waals surface area contributed by atoms with Crippen LogP contribution >= 0.6 is 15.9 Å². The van der Waals surface area contributed by atoms with E-state index in [-0.39, 0.29) is 11.8 Å². The molecule has 2 aromatic carbocycles. The third-order valence-electron chi connectivity index (χ3n) is 4.70. The first-order valence-corrected chi connectivity index (χ1v) is 9.92. The van der Waals surface area contributed by atoms with Gasteiger partial charge in [-0.25, -0.2) is 0 Å². The molecule has 1 N–H and O–H groups in total. The van der Waals surface area contributed by atoms with E-state index in [4.69, 9.17) is 4.74 Å². The summed E-state index contributed by atoms with van der Waals surface area (Å²) in [6.07, 6.45) is 4.51. The van der Waals surface area contributed by atoms with Crippen LogP contribution in [0.15, 0.2) is 46.9 Å². The van der Waals surface area contributed by atoms with E-state index in [0.717, 1.165) is 30.4 Å². The van der Waals surface area contributed by atoms with E-state index in [9.17, 15) is 9.59 Å². The fraction of sp³-hybridized carbons (Fsp3) is 0.333. The highest BCUT2D eigenvalue weighted by Gasteiger charge is 2.17. The Labute approximate surface area is 167 Å². The first-order valence-electron chi connectivity index (χ1n) is 9.13. The summed E-state index contributed by atoms with van der Waals surface area (Å²) >= 11 is 3.38. The first kappa shape index (κ1) is 19.4. The molecule has 1 fully saturated rings. The van der Waals surface area contributed by atoms with Crippen LogP contribution in [0.5, 0.6) is 5.75 Å². The number of amides is 2. The number of ether oxygens (including phenoxy) is 1. The van der Waals surface area contributed by atoms with Crippen LogP contribution in [0.3, 0.4) is 0 Å². The third-order valence-corrected chi connectivity index (χ3v) is 5.32. The molecule has 2 aromatic rings. The van der Waals surface area contributed by atoms with Crippen molar-refractivity contribution in [1.82, 2.24) is 4.90 Å². The van der Waals surface area contributed by atoms with E-state index in [1.165, 1.54) is 12.8 Å². The van der Waals surface area contributed by atoms with Crippen molar-refractivity contribution >= 4 is 33.4 Å². The van der Waals surface area contributed by atoms with Crippen molar-refractivity contribution in [2.75, 3.05) is 25.5 Å². The van der Waals surface area contributed by atoms with Crippen LogP contribution in [-0.2, 0) is 0 Å². The molecular weight excluding hydrogens is 408 g/mol. The second kappa shape index (κ2) is 9.04. The molecule has 0 aliphatic carbocycles. The maximum Gasteiger partial charge on any atom is 0.255 e. The Hall–Kier alpha value is -2.34. The number of rotatable bonds is 4. The third kappa shape index (κ3) is 4.89. The second-order valence-corrected chi connectivity index (χ2v) is 7.44. The van der Waals surface area contributed by atoms with Crippen molar-refractivity contribution < 1.29 is 14.3 Å². The Kier molecular flexibility index (Phi) is 6.50. The van der Waals surface area contributed by atoms with Crippen molar-refractivity contribution in [3.05, 3.63) is 58.1 Å². The molecule has 1 aliphatic rings. The molecule has 27 heavy (non-hydrogen) atoms. The molecule has 0 radical (unpaired) electrons. The van der Waals surface area contributed by atoms with E-state index >= 15 is 0 Å². The summed E-state index contributed by atoms with van der Waals surface area (Å²) in [6, 6.07) is 12.2. The molecule has 0 aromatic heterocycles. The van der Waals surface area contributed by atoms with Crippen molar-refractivity contribution in [3.8, 4) is 5.75 Å². The first-order chi connectivity index (χ1) is 13.1. The van der Waals surface area contributed by atoms with Crippen LogP contribution in [0.25, 0.3) is 0 Å². The zero-order valence-electron chi connectivity index (χ0n) is 15.3. The molecule has 0 bridgehead atoms. The summed E-state index contributed by atoms with van der Waals surface area (Å²) in [5, 5.41) is 2.85. The van der Waals surface area contributed by atoms with Gasteiger partial charge in [-0.15, -0.1) is 0 Å². The molecule has 0 saturated carbocycles. The summed E-state index contributed by atoms with van der Waals surface area (Å²) in [5.74, 6) is 0.515. The van der Waals surface area contributed by atoms with E-state index in [0.29, 0.717) is 22.6 Å². The van der Waals surface area contributed by atoms with Gasteiger partial charge in [0.15, 0.2) is 0 Å². The molecule has 1 aliphatic heterocycles. The quantitative estimate of drug-likeness (QED) is 0.762. The second-order valence-electron chi connectivity index (χ2n) is 6.59. The summed E-state index contributed by atoms with van der Waals surface area (Å²) in [4.78, 5) is 27.0. The van der Waals surface area contributed by atoms with E-state index in [2.05, 4.69) is 21.2 Å². The molecule has 1 saturated heterocycles. The largest absolute Gasteiger partial charge is 0.496 e. The predicted octanol–water partition coefficient (Wildman–Crippen LogP) is 4.73. The van der Waals surface area contributed by atoms with Crippen LogP contribution < -0.4 is 10.1 Å². The molecule has 1 heterocycles. The highest BCUT2D eigenvalue weighted by molar-refractivity contribution is 9.10. The number of carbonyl (C=O) groups is 2. The molecule has 142 valence electrons. The van der Waals surface area contributed by atoms with E-state index in [1.54, 1.807) is 49.6 Å². The Bertz CT molecular complexity index is 813. The van der Waals surface area contributed by atoms with Gasteiger partial charge < -0.3 is 15.0 Å². The van der Waals surface area contributed by atoms with Gasteiger partial charge in [0.05, 0.1) is 11.6 Å². The summed E-state index contributed by atoms with van der Waals surface area (Å²) in [5.41, 5.74) is 1.83. The highest BCUT2D eigenvalue weighted by atomic mass is 79.9. The molecular formula is C21H23BrN2O3. The number of anilines is 1. The van der Waals surface area contributed by atoms with Crippen LogP contribution in [0, 0.1) is 0 Å². The van der Waals surface area contributed by atoms with Gasteiger partial charge in [-0.1, -0.05) is 12.8 Å². The van der Waals surface area contributed by atoms with Gasteiger partial charge in [-0.3, -0.25) is 9.59 Å². The normalized spacial score (nSPS) is 14.4. The lowest BCUT2D eigenvalue weighted by molar-refractivity contribution is 0.0761. The summed E-state index contributed by atoms with van der Waals surface area (Å²) in [7, 11) is 1.58. The standard InChI is InChI=1S/C21H23BrN2O3/c1-27-19-11-8-16(14-18(19)22)20(25)23-17-9-6-15(7-10-17)21(26)24-12-4-2-3-5-13-24/h6-11,14H,2-5,12-13H2,1H3,(H,23,25). The van der Waals surface area contributed by atoms with E-state index < -0.39 is 0 Å². The Balaban J connectivity index is 1.65. The van der Waals surface area contributed by atoms with Gasteiger partial charge in [0, 0.05) is 29.9 Å². The van der Waals surface area contributed by atoms with Crippen molar-refractivity contribution in [1.29, 1.82) is 0 Å². The van der Waals surface area contributed by atoms with Crippen LogP contribution in [-0.4, -0.2) is 36.9 Å². The fourth-order valence-corrected chi connectivity index (χ4v) is 3.70. The lowest BCUT2D eigenvalue weighted by Gasteiger charge is -2.20. The van der Waals surface area contributed by atoms with Gasteiger partial charge in [0.1, 0.15) is 5.75 Å². The number of methoxy groups -OCH3 is 1. The maximum absolute atomic E-state index is 12.6. The Morgan fingerprint density at radius 2 is 1.59 bits per heavy atom. The average Bonchev–Trinajstić information content (AvgIpc) is 2.97. The molecule has 0 spiro atoms. The number of nitrogens with one attached hydrogen (secondary N) is 1. The van der Waals surface area contributed by atoms with Crippen molar-refractivity contribution in [2.45, 2.75) is 25.7 Å². The number of hydrogen-bond acceptors (Lipinski definition) is 3. The number of nitrogens with zero attached hydrogens (tertiary/aromatic N) is 1. The highest BCUT2D eigenvalue weighted by Crippen LogP contribution is 2.26. The Morgan fingerprint density at radius 1 is 0.963 bits per heavy atom. The molecule has 0 unspecified atom stereocenters. The zero-order valence-corrected chi connectivity index (χ0v) is 16.9. The predicted molar refractivity (Wildman–Crippen MR) is 109 cm³/mol. The fourth-order valence-electron chi connectivity index (χ4n) is 3.16.